The molecule has 2 aromatic rings. The number of alkyl carbamates (subject to hydrolysis) is 1. The van der Waals surface area contributed by atoms with Crippen LogP contribution in [0.15, 0.2) is 54.6 Å². The van der Waals surface area contributed by atoms with Crippen LogP contribution < -0.4 is 15.5 Å². The Morgan fingerprint density at radius 3 is 2.32 bits per heavy atom. The van der Waals surface area contributed by atoms with Crippen molar-refractivity contribution in [3.8, 4) is 0 Å². The monoisotopic (exact) mass is 696 g/mol. The summed E-state index contributed by atoms with van der Waals surface area (Å²) in [5.74, 6) is -1.34. The molecule has 3 rings (SSSR count). The van der Waals surface area contributed by atoms with Gasteiger partial charge in [-0.05, 0) is 83.9 Å². The van der Waals surface area contributed by atoms with Crippen molar-refractivity contribution < 1.29 is 42.9 Å². The van der Waals surface area contributed by atoms with E-state index in [0.717, 1.165) is 11.1 Å². The number of fused-ring (bicyclic) bond motifs is 1. The topological polar surface area (TPSA) is 153 Å². The summed E-state index contributed by atoms with van der Waals surface area (Å²) in [5, 5.41) is 5.90. The van der Waals surface area contributed by atoms with Gasteiger partial charge in [-0.3, -0.25) is 24.6 Å². The summed E-state index contributed by atoms with van der Waals surface area (Å²) in [6.07, 6.45) is 1.20. The highest BCUT2D eigenvalue weighted by Gasteiger charge is 2.35. The summed E-state index contributed by atoms with van der Waals surface area (Å²) in [6.45, 7) is 9.63. The van der Waals surface area contributed by atoms with Gasteiger partial charge in [0.25, 0.3) is 0 Å². The standard InChI is InChI=1S/C37H52N4O9/c1-6-47-32(42)25-41-31-19-12-11-17-28(31)20-21-29(33(41)43)39-30(34(44)48-7-2)18-13-14-23-40(36(46)50-37(3,4)5)24-22-38-35(45)49-26-27-15-9-8-10-16-27/h8-12,15-17,19,29-30,39H,6-7,13-14,18,20-26H2,1-5H3,(H,38,45)/t29-,30-/m0/s1. The number of unbranched alkanes of at least 4 members (excludes halogenated alkanes) is 1. The van der Waals surface area contributed by atoms with Crippen LogP contribution in [0.25, 0.3) is 0 Å². The quantitative estimate of drug-likeness (QED) is 0.135. The Kier molecular flexibility index (Phi) is 16.0. The number of carbonyl (C=O) groups excluding carboxylic acids is 5. The number of benzene rings is 2. The van der Waals surface area contributed by atoms with Crippen LogP contribution in [-0.2, 0) is 46.4 Å². The first-order valence-electron chi connectivity index (χ1n) is 17.3. The summed E-state index contributed by atoms with van der Waals surface area (Å²) in [4.78, 5) is 67.6. The van der Waals surface area contributed by atoms with Crippen molar-refractivity contribution in [3.05, 3.63) is 65.7 Å². The lowest BCUT2D eigenvalue weighted by Gasteiger charge is -2.28. The SMILES string of the molecule is CCOC(=O)CN1C(=O)[C@@H](N[C@@H](CCCCN(CCNC(=O)OCc2ccccc2)C(=O)OC(C)(C)C)C(=O)OCC)CCc2ccccc21. The van der Waals surface area contributed by atoms with E-state index in [4.69, 9.17) is 18.9 Å². The number of para-hydroxylation sites is 1. The van der Waals surface area contributed by atoms with Gasteiger partial charge in [-0.2, -0.15) is 0 Å². The zero-order valence-corrected chi connectivity index (χ0v) is 29.9. The minimum absolute atomic E-state index is 0.126. The van der Waals surface area contributed by atoms with Gasteiger partial charge < -0.3 is 29.2 Å². The van der Waals surface area contributed by atoms with Gasteiger partial charge in [-0.1, -0.05) is 48.5 Å². The number of carbonyl (C=O) groups is 5. The van der Waals surface area contributed by atoms with Crippen molar-refractivity contribution in [2.75, 3.05) is 44.3 Å². The molecule has 274 valence electrons. The molecule has 0 saturated heterocycles. The highest BCUT2D eigenvalue weighted by molar-refractivity contribution is 6.02. The maximum atomic E-state index is 13.8. The van der Waals surface area contributed by atoms with Crippen LogP contribution in [0.3, 0.4) is 0 Å². The van der Waals surface area contributed by atoms with Crippen molar-refractivity contribution in [2.24, 2.45) is 0 Å². The fourth-order valence-corrected chi connectivity index (χ4v) is 5.46. The second-order valence-electron chi connectivity index (χ2n) is 12.9. The van der Waals surface area contributed by atoms with Gasteiger partial charge in [0, 0.05) is 25.3 Å². The molecule has 2 aromatic carbocycles. The number of ether oxygens (including phenoxy) is 4. The van der Waals surface area contributed by atoms with E-state index < -0.39 is 41.8 Å². The molecule has 0 fully saturated rings. The molecular weight excluding hydrogens is 644 g/mol. The smallest absolute Gasteiger partial charge is 0.410 e. The van der Waals surface area contributed by atoms with E-state index >= 15 is 0 Å². The minimum atomic E-state index is -0.800. The molecule has 0 spiro atoms. The summed E-state index contributed by atoms with van der Waals surface area (Å²) < 4.78 is 21.4. The lowest BCUT2D eigenvalue weighted by atomic mass is 10.0. The first kappa shape index (κ1) is 39.8. The molecule has 1 aliphatic rings. The fraction of sp³-hybridized carbons (Fsp3) is 0.541. The van der Waals surface area contributed by atoms with Crippen molar-refractivity contribution >= 4 is 35.7 Å². The Morgan fingerprint density at radius 1 is 0.920 bits per heavy atom. The number of anilines is 1. The highest BCUT2D eigenvalue weighted by Crippen LogP contribution is 2.27. The molecule has 1 aliphatic heterocycles. The molecule has 0 aromatic heterocycles. The van der Waals surface area contributed by atoms with Gasteiger partial charge in [0.15, 0.2) is 0 Å². The van der Waals surface area contributed by atoms with E-state index in [0.29, 0.717) is 44.3 Å². The predicted octanol–water partition coefficient (Wildman–Crippen LogP) is 4.75. The van der Waals surface area contributed by atoms with Gasteiger partial charge in [0.2, 0.25) is 5.91 Å². The van der Waals surface area contributed by atoms with E-state index in [1.807, 2.05) is 48.5 Å². The predicted molar refractivity (Wildman–Crippen MR) is 187 cm³/mol. The largest absolute Gasteiger partial charge is 0.465 e. The minimum Gasteiger partial charge on any atom is -0.465 e. The van der Waals surface area contributed by atoms with Crippen LogP contribution in [-0.4, -0.2) is 92.0 Å². The lowest BCUT2D eigenvalue weighted by molar-refractivity contribution is -0.146. The number of rotatable bonds is 17. The summed E-state index contributed by atoms with van der Waals surface area (Å²) in [7, 11) is 0. The Hall–Kier alpha value is -4.65. The maximum absolute atomic E-state index is 13.8. The third kappa shape index (κ3) is 13.3. The lowest BCUT2D eigenvalue weighted by Crippen LogP contribution is -2.53. The molecule has 50 heavy (non-hydrogen) atoms. The molecule has 2 N–H and O–H groups in total. The number of amides is 3. The Labute approximate surface area is 294 Å². The summed E-state index contributed by atoms with van der Waals surface area (Å²) >= 11 is 0. The molecule has 13 heteroatoms. The molecule has 1 heterocycles. The average molecular weight is 697 g/mol. The van der Waals surface area contributed by atoms with E-state index in [9.17, 15) is 24.0 Å². The number of nitrogens with one attached hydrogen (secondary N) is 2. The Morgan fingerprint density at radius 2 is 1.62 bits per heavy atom. The number of aryl methyl sites for hydroxylation is 1. The molecule has 3 amide bonds. The summed E-state index contributed by atoms with van der Waals surface area (Å²) in [6, 6.07) is 15.2. The third-order valence-corrected chi connectivity index (χ3v) is 7.80. The number of hydrogen-bond donors (Lipinski definition) is 2. The maximum Gasteiger partial charge on any atom is 0.410 e. The normalized spacial score (nSPS) is 14.9. The molecule has 0 aliphatic carbocycles. The van der Waals surface area contributed by atoms with Gasteiger partial charge >= 0.3 is 24.1 Å². The molecule has 13 nitrogen and oxygen atoms in total. The van der Waals surface area contributed by atoms with Crippen LogP contribution in [0, 0.1) is 0 Å². The zero-order valence-electron chi connectivity index (χ0n) is 29.9. The third-order valence-electron chi connectivity index (χ3n) is 7.80. The van der Waals surface area contributed by atoms with Crippen LogP contribution in [0.1, 0.15) is 71.4 Å². The van der Waals surface area contributed by atoms with Crippen LogP contribution in [0.2, 0.25) is 0 Å². The van der Waals surface area contributed by atoms with Gasteiger partial charge in [-0.15, -0.1) is 0 Å². The highest BCUT2D eigenvalue weighted by atomic mass is 16.6. The van der Waals surface area contributed by atoms with Gasteiger partial charge in [0.05, 0.1) is 19.3 Å². The van der Waals surface area contributed by atoms with Crippen LogP contribution in [0.5, 0.6) is 0 Å². The Balaban J connectivity index is 1.61. The van der Waals surface area contributed by atoms with Gasteiger partial charge in [0.1, 0.15) is 24.8 Å². The van der Waals surface area contributed by atoms with Crippen LogP contribution in [0.4, 0.5) is 15.3 Å². The molecule has 2 atom stereocenters. The molecule has 0 radical (unpaired) electrons. The average Bonchev–Trinajstić information content (AvgIpc) is 3.20. The molecule has 0 bridgehead atoms. The van der Waals surface area contributed by atoms with Crippen LogP contribution >= 0.6 is 0 Å². The fourth-order valence-electron chi connectivity index (χ4n) is 5.46. The van der Waals surface area contributed by atoms with E-state index in [2.05, 4.69) is 10.6 Å². The number of esters is 2. The molecular formula is C37H52N4O9. The molecule has 0 saturated carbocycles. The second-order valence-corrected chi connectivity index (χ2v) is 12.9. The van der Waals surface area contributed by atoms with E-state index in [1.165, 1.54) is 9.80 Å². The molecule has 0 unspecified atom stereocenters. The van der Waals surface area contributed by atoms with E-state index in [-0.39, 0.29) is 45.4 Å². The van der Waals surface area contributed by atoms with Crippen molar-refractivity contribution in [1.82, 2.24) is 15.5 Å². The zero-order chi connectivity index (χ0) is 36.5. The van der Waals surface area contributed by atoms with E-state index in [1.54, 1.807) is 40.7 Å². The summed E-state index contributed by atoms with van der Waals surface area (Å²) in [5.41, 5.74) is 1.70. The first-order valence-corrected chi connectivity index (χ1v) is 17.3. The number of nitrogens with zero attached hydrogens (tertiary/aromatic N) is 2. The number of hydrogen-bond acceptors (Lipinski definition) is 10. The van der Waals surface area contributed by atoms with Gasteiger partial charge in [-0.25, -0.2) is 9.59 Å². The Bertz CT molecular complexity index is 1410. The second kappa shape index (κ2) is 20.1. The van der Waals surface area contributed by atoms with Crippen molar-refractivity contribution in [1.29, 1.82) is 0 Å². The first-order chi connectivity index (χ1) is 23.9. The van der Waals surface area contributed by atoms with Crippen molar-refractivity contribution in [2.45, 2.75) is 91.0 Å². The van der Waals surface area contributed by atoms with Crippen molar-refractivity contribution in [3.63, 3.8) is 0 Å².